The zero-order chi connectivity index (χ0) is 13.8. The maximum absolute atomic E-state index is 5.76. The fraction of sp³-hybridized carbons (Fsp3) is 0.250. The SMILES string of the molecule is NCCc1ccc(COc2ccc3c(c2)OCO3)cc1. The van der Waals surface area contributed by atoms with Crippen LogP contribution >= 0.6 is 0 Å². The highest BCUT2D eigenvalue weighted by Crippen LogP contribution is 2.35. The molecule has 0 fully saturated rings. The van der Waals surface area contributed by atoms with Crippen LogP contribution in [0.1, 0.15) is 11.1 Å². The third-order valence-corrected chi connectivity index (χ3v) is 3.21. The Morgan fingerprint density at radius 3 is 2.50 bits per heavy atom. The molecule has 1 aliphatic heterocycles. The van der Waals surface area contributed by atoms with Crippen LogP contribution in [0.3, 0.4) is 0 Å². The van der Waals surface area contributed by atoms with Gasteiger partial charge in [0.2, 0.25) is 6.79 Å². The molecule has 2 N–H and O–H groups in total. The van der Waals surface area contributed by atoms with Crippen molar-refractivity contribution in [3.8, 4) is 17.2 Å². The molecule has 3 rings (SSSR count). The zero-order valence-corrected chi connectivity index (χ0v) is 11.2. The summed E-state index contributed by atoms with van der Waals surface area (Å²) in [6.07, 6.45) is 0.906. The summed E-state index contributed by atoms with van der Waals surface area (Å²) in [6, 6.07) is 13.9. The van der Waals surface area contributed by atoms with Crippen LogP contribution in [0.2, 0.25) is 0 Å². The van der Waals surface area contributed by atoms with Crippen LogP contribution in [-0.4, -0.2) is 13.3 Å². The van der Waals surface area contributed by atoms with E-state index >= 15 is 0 Å². The van der Waals surface area contributed by atoms with Crippen molar-refractivity contribution in [2.45, 2.75) is 13.0 Å². The minimum atomic E-state index is 0.279. The summed E-state index contributed by atoms with van der Waals surface area (Å²) >= 11 is 0. The zero-order valence-electron chi connectivity index (χ0n) is 11.2. The van der Waals surface area contributed by atoms with Crippen LogP contribution in [-0.2, 0) is 13.0 Å². The van der Waals surface area contributed by atoms with Gasteiger partial charge in [0.1, 0.15) is 12.4 Å². The summed E-state index contributed by atoms with van der Waals surface area (Å²) in [7, 11) is 0. The molecule has 0 saturated heterocycles. The molecule has 1 aliphatic rings. The topological polar surface area (TPSA) is 53.7 Å². The van der Waals surface area contributed by atoms with Gasteiger partial charge in [-0.3, -0.25) is 0 Å². The number of benzene rings is 2. The van der Waals surface area contributed by atoms with Crippen molar-refractivity contribution < 1.29 is 14.2 Å². The Hall–Kier alpha value is -2.20. The quantitative estimate of drug-likeness (QED) is 0.907. The summed E-state index contributed by atoms with van der Waals surface area (Å²) in [4.78, 5) is 0. The van der Waals surface area contributed by atoms with Crippen molar-refractivity contribution in [1.82, 2.24) is 0 Å². The molecule has 0 amide bonds. The van der Waals surface area contributed by atoms with E-state index < -0.39 is 0 Å². The molecule has 2 aromatic carbocycles. The number of fused-ring (bicyclic) bond motifs is 1. The molecule has 0 aliphatic carbocycles. The molecule has 0 unspecified atom stereocenters. The monoisotopic (exact) mass is 271 g/mol. The summed E-state index contributed by atoms with van der Waals surface area (Å²) in [5, 5.41) is 0. The average Bonchev–Trinajstić information content (AvgIpc) is 2.94. The summed E-state index contributed by atoms with van der Waals surface area (Å²) in [5.74, 6) is 2.28. The standard InChI is InChI=1S/C16H17NO3/c17-8-7-12-1-3-13(4-2-12)10-18-14-5-6-15-16(9-14)20-11-19-15/h1-6,9H,7-8,10-11,17H2. The first kappa shape index (κ1) is 12.8. The molecule has 0 radical (unpaired) electrons. The average molecular weight is 271 g/mol. The van der Waals surface area contributed by atoms with Crippen LogP contribution < -0.4 is 19.9 Å². The molecule has 4 heteroatoms. The number of ether oxygens (including phenoxy) is 3. The lowest BCUT2D eigenvalue weighted by Gasteiger charge is -2.08. The van der Waals surface area contributed by atoms with E-state index in [9.17, 15) is 0 Å². The molecule has 0 bridgehead atoms. The van der Waals surface area contributed by atoms with Crippen LogP contribution in [0.15, 0.2) is 42.5 Å². The Balaban J connectivity index is 1.61. The lowest BCUT2D eigenvalue weighted by atomic mass is 10.1. The third kappa shape index (κ3) is 2.86. The van der Waals surface area contributed by atoms with Crippen molar-refractivity contribution in [3.05, 3.63) is 53.6 Å². The van der Waals surface area contributed by atoms with Crippen LogP contribution in [0, 0.1) is 0 Å². The van der Waals surface area contributed by atoms with E-state index in [0.717, 1.165) is 29.2 Å². The van der Waals surface area contributed by atoms with E-state index in [1.165, 1.54) is 5.56 Å². The number of hydrogen-bond donors (Lipinski definition) is 1. The smallest absolute Gasteiger partial charge is 0.231 e. The van der Waals surface area contributed by atoms with Crippen molar-refractivity contribution in [3.63, 3.8) is 0 Å². The van der Waals surface area contributed by atoms with Crippen molar-refractivity contribution in [1.29, 1.82) is 0 Å². The fourth-order valence-corrected chi connectivity index (χ4v) is 2.10. The Morgan fingerprint density at radius 1 is 0.950 bits per heavy atom. The summed E-state index contributed by atoms with van der Waals surface area (Å²) in [6.45, 7) is 1.48. The van der Waals surface area contributed by atoms with Gasteiger partial charge in [-0.05, 0) is 36.2 Å². The molecular formula is C16H17NO3. The van der Waals surface area contributed by atoms with Gasteiger partial charge in [0.05, 0.1) is 0 Å². The van der Waals surface area contributed by atoms with Gasteiger partial charge in [0.25, 0.3) is 0 Å². The van der Waals surface area contributed by atoms with Crippen LogP contribution in [0.4, 0.5) is 0 Å². The van der Waals surface area contributed by atoms with Gasteiger partial charge in [-0.2, -0.15) is 0 Å². The number of rotatable bonds is 5. The minimum Gasteiger partial charge on any atom is -0.489 e. The molecule has 20 heavy (non-hydrogen) atoms. The second kappa shape index (κ2) is 5.84. The van der Waals surface area contributed by atoms with E-state index in [0.29, 0.717) is 13.2 Å². The molecule has 0 saturated carbocycles. The number of nitrogens with two attached hydrogens (primary N) is 1. The maximum atomic E-state index is 5.76. The minimum absolute atomic E-state index is 0.279. The Labute approximate surface area is 118 Å². The van der Waals surface area contributed by atoms with Gasteiger partial charge in [0, 0.05) is 6.07 Å². The van der Waals surface area contributed by atoms with Gasteiger partial charge >= 0.3 is 0 Å². The molecule has 2 aromatic rings. The van der Waals surface area contributed by atoms with Crippen molar-refractivity contribution >= 4 is 0 Å². The van der Waals surface area contributed by atoms with Gasteiger partial charge in [-0.15, -0.1) is 0 Å². The van der Waals surface area contributed by atoms with Crippen LogP contribution in [0.5, 0.6) is 17.2 Å². The first-order chi connectivity index (χ1) is 9.85. The maximum Gasteiger partial charge on any atom is 0.231 e. The highest BCUT2D eigenvalue weighted by Gasteiger charge is 2.13. The van der Waals surface area contributed by atoms with E-state index in [1.807, 2.05) is 18.2 Å². The summed E-state index contributed by atoms with van der Waals surface area (Å²) in [5.41, 5.74) is 7.91. The van der Waals surface area contributed by atoms with E-state index in [4.69, 9.17) is 19.9 Å². The van der Waals surface area contributed by atoms with Crippen molar-refractivity contribution in [2.24, 2.45) is 5.73 Å². The third-order valence-electron chi connectivity index (χ3n) is 3.21. The molecule has 4 nitrogen and oxygen atoms in total. The first-order valence-electron chi connectivity index (χ1n) is 6.65. The van der Waals surface area contributed by atoms with E-state index in [-0.39, 0.29) is 6.79 Å². The summed E-state index contributed by atoms with van der Waals surface area (Å²) < 4.78 is 16.3. The van der Waals surface area contributed by atoms with E-state index in [1.54, 1.807) is 0 Å². The van der Waals surface area contributed by atoms with E-state index in [2.05, 4.69) is 24.3 Å². The lowest BCUT2D eigenvalue weighted by Crippen LogP contribution is -2.02. The second-order valence-electron chi connectivity index (χ2n) is 4.66. The Morgan fingerprint density at radius 2 is 1.70 bits per heavy atom. The Bertz CT molecular complexity index is 581. The molecule has 1 heterocycles. The normalized spacial score (nSPS) is 12.4. The molecule has 0 aromatic heterocycles. The van der Waals surface area contributed by atoms with Gasteiger partial charge in [-0.25, -0.2) is 0 Å². The Kier molecular flexibility index (Phi) is 3.74. The molecular weight excluding hydrogens is 254 g/mol. The van der Waals surface area contributed by atoms with Gasteiger partial charge in [-0.1, -0.05) is 24.3 Å². The van der Waals surface area contributed by atoms with Gasteiger partial charge < -0.3 is 19.9 Å². The lowest BCUT2D eigenvalue weighted by molar-refractivity contribution is 0.173. The second-order valence-corrected chi connectivity index (χ2v) is 4.66. The highest BCUT2D eigenvalue weighted by atomic mass is 16.7. The molecule has 104 valence electrons. The molecule has 0 atom stereocenters. The largest absolute Gasteiger partial charge is 0.489 e. The number of hydrogen-bond acceptors (Lipinski definition) is 4. The van der Waals surface area contributed by atoms with Gasteiger partial charge in [0.15, 0.2) is 11.5 Å². The molecule has 0 spiro atoms. The van der Waals surface area contributed by atoms with Crippen LogP contribution in [0.25, 0.3) is 0 Å². The first-order valence-corrected chi connectivity index (χ1v) is 6.65. The van der Waals surface area contributed by atoms with Crippen molar-refractivity contribution in [2.75, 3.05) is 13.3 Å². The predicted octanol–water partition coefficient (Wildman–Crippen LogP) is 2.50. The highest BCUT2D eigenvalue weighted by molar-refractivity contribution is 5.46. The predicted molar refractivity (Wildman–Crippen MR) is 76.1 cm³/mol. The fourth-order valence-electron chi connectivity index (χ4n) is 2.10.